The lowest BCUT2D eigenvalue weighted by atomic mass is 10.0. The van der Waals surface area contributed by atoms with Crippen LogP contribution in [-0.2, 0) is 4.79 Å². The third-order valence-electron chi connectivity index (χ3n) is 9.89. The number of hydrogen-bond donors (Lipinski definition) is 3. The fourth-order valence-electron chi connectivity index (χ4n) is 6.39. The van der Waals surface area contributed by atoms with Gasteiger partial charge < -0.3 is 15.5 Å². The highest BCUT2D eigenvalue weighted by Gasteiger charge is 2.17. The van der Waals surface area contributed by atoms with Gasteiger partial charge in [0.05, 0.1) is 18.8 Å². The maximum Gasteiger partial charge on any atom is 0.220 e. The van der Waals surface area contributed by atoms with Crippen LogP contribution in [0.2, 0.25) is 0 Å². The van der Waals surface area contributed by atoms with Gasteiger partial charge in [-0.2, -0.15) is 0 Å². The van der Waals surface area contributed by atoms with Gasteiger partial charge in [0.2, 0.25) is 5.91 Å². The highest BCUT2D eigenvalue weighted by molar-refractivity contribution is 5.76. The van der Waals surface area contributed by atoms with Crippen LogP contribution in [0.25, 0.3) is 0 Å². The summed E-state index contributed by atoms with van der Waals surface area (Å²) in [5, 5.41) is 23.0. The number of carbonyl (C=O) groups is 1. The van der Waals surface area contributed by atoms with E-state index in [4.69, 9.17) is 0 Å². The van der Waals surface area contributed by atoms with E-state index >= 15 is 0 Å². The fraction of sp³-hybridized carbons (Fsp3) is 0.735. The van der Waals surface area contributed by atoms with Crippen LogP contribution in [0.4, 0.5) is 0 Å². The Hall–Kier alpha value is -2.17. The molecule has 2 unspecified atom stereocenters. The standard InChI is InChI=1S/C49H87NO3/c1-3-5-7-9-11-13-15-17-19-21-22-23-24-25-26-27-28-29-31-33-35-37-39-41-43-45-49(53)50-47(46-51)48(52)44-42-40-38-36-34-32-30-20-18-16-14-12-10-8-6-4-2/h15,17-18,20-22,24-25,34,36,42,44,47-48,51-52H,3-14,16,19,23,26-33,35,37-41,43,45-46H2,1-2H3,(H,50,53)/b17-15-,20-18+,22-21-,25-24-,36-34+,44-42+. The Morgan fingerprint density at radius 3 is 1.23 bits per heavy atom. The van der Waals surface area contributed by atoms with E-state index in [0.29, 0.717) is 6.42 Å². The Labute approximate surface area is 329 Å². The molecule has 0 radical (unpaired) electrons. The quantitative estimate of drug-likeness (QED) is 0.0433. The second-order valence-electron chi connectivity index (χ2n) is 15.1. The van der Waals surface area contributed by atoms with Crippen LogP contribution in [0.1, 0.15) is 213 Å². The summed E-state index contributed by atoms with van der Waals surface area (Å²) in [6.45, 7) is 4.26. The number of unbranched alkanes of at least 4 members (excludes halogenated alkanes) is 23. The molecule has 0 spiro atoms. The van der Waals surface area contributed by atoms with Crippen molar-refractivity contribution in [2.24, 2.45) is 0 Å². The molecule has 0 aliphatic rings. The SMILES string of the molecule is CCCCCCC/C=C\C/C=C\C/C=C\CCCCCCCCCCCCC(=O)NC(CO)C(O)/C=C/CC/C=C/CC/C=C/CCCCCCCC. The zero-order valence-electron chi connectivity index (χ0n) is 35.0. The molecule has 306 valence electrons. The van der Waals surface area contributed by atoms with Crippen LogP contribution < -0.4 is 5.32 Å². The van der Waals surface area contributed by atoms with Crippen LogP contribution >= 0.6 is 0 Å². The average molecular weight is 738 g/mol. The van der Waals surface area contributed by atoms with Crippen molar-refractivity contribution < 1.29 is 15.0 Å². The third kappa shape index (κ3) is 40.8. The summed E-state index contributed by atoms with van der Waals surface area (Å²) in [4.78, 5) is 12.4. The maximum atomic E-state index is 12.4. The van der Waals surface area contributed by atoms with E-state index in [2.05, 4.69) is 79.9 Å². The minimum Gasteiger partial charge on any atom is -0.394 e. The van der Waals surface area contributed by atoms with E-state index in [0.717, 1.165) is 51.4 Å². The van der Waals surface area contributed by atoms with E-state index in [-0.39, 0.29) is 12.5 Å². The number of rotatable bonds is 40. The monoisotopic (exact) mass is 738 g/mol. The van der Waals surface area contributed by atoms with E-state index in [9.17, 15) is 15.0 Å². The number of hydrogen-bond acceptors (Lipinski definition) is 3. The number of aliphatic hydroxyl groups excluding tert-OH is 2. The minimum absolute atomic E-state index is 0.0849. The number of nitrogens with one attached hydrogen (secondary N) is 1. The smallest absolute Gasteiger partial charge is 0.220 e. The summed E-state index contributed by atoms with van der Waals surface area (Å²) in [5.74, 6) is -0.0849. The molecule has 3 N–H and O–H groups in total. The first kappa shape index (κ1) is 50.8. The molecule has 2 atom stereocenters. The normalized spacial score (nSPS) is 13.7. The molecule has 0 saturated heterocycles. The molecule has 0 fully saturated rings. The van der Waals surface area contributed by atoms with Crippen LogP contribution in [0.15, 0.2) is 72.9 Å². The molecule has 0 aliphatic carbocycles. The van der Waals surface area contributed by atoms with Crippen LogP contribution in [0.5, 0.6) is 0 Å². The molecule has 0 aliphatic heterocycles. The first-order chi connectivity index (χ1) is 26.2. The molecule has 4 nitrogen and oxygen atoms in total. The molecule has 0 bridgehead atoms. The Morgan fingerprint density at radius 1 is 0.453 bits per heavy atom. The lowest BCUT2D eigenvalue weighted by molar-refractivity contribution is -0.123. The van der Waals surface area contributed by atoms with Crippen molar-refractivity contribution in [1.29, 1.82) is 0 Å². The van der Waals surface area contributed by atoms with Crippen molar-refractivity contribution in [3.8, 4) is 0 Å². The topological polar surface area (TPSA) is 69.6 Å². The zero-order valence-corrected chi connectivity index (χ0v) is 35.0. The Balaban J connectivity index is 3.64. The average Bonchev–Trinajstić information content (AvgIpc) is 3.16. The molecule has 0 aromatic heterocycles. The zero-order chi connectivity index (χ0) is 38.6. The van der Waals surface area contributed by atoms with Crippen molar-refractivity contribution >= 4 is 5.91 Å². The van der Waals surface area contributed by atoms with Gasteiger partial charge in [-0.25, -0.2) is 0 Å². The van der Waals surface area contributed by atoms with Gasteiger partial charge in [0.15, 0.2) is 0 Å². The highest BCUT2D eigenvalue weighted by Crippen LogP contribution is 2.13. The maximum absolute atomic E-state index is 12.4. The Morgan fingerprint density at radius 2 is 0.792 bits per heavy atom. The molecule has 1 amide bonds. The van der Waals surface area contributed by atoms with Gasteiger partial charge in [-0.3, -0.25) is 4.79 Å². The molecule has 53 heavy (non-hydrogen) atoms. The molecule has 0 aromatic carbocycles. The lowest BCUT2D eigenvalue weighted by Crippen LogP contribution is -2.45. The van der Waals surface area contributed by atoms with E-state index in [1.165, 1.54) is 141 Å². The Kier molecular flexibility index (Phi) is 42.4. The van der Waals surface area contributed by atoms with Gasteiger partial charge in [0.1, 0.15) is 0 Å². The Bertz CT molecular complexity index is 930. The summed E-state index contributed by atoms with van der Waals surface area (Å²) < 4.78 is 0. The van der Waals surface area contributed by atoms with Crippen molar-refractivity contribution in [3.63, 3.8) is 0 Å². The van der Waals surface area contributed by atoms with Crippen molar-refractivity contribution in [2.45, 2.75) is 225 Å². The van der Waals surface area contributed by atoms with Crippen LogP contribution in [-0.4, -0.2) is 34.9 Å². The first-order valence-electron chi connectivity index (χ1n) is 22.7. The molecular formula is C49H87NO3. The summed E-state index contributed by atoms with van der Waals surface area (Å²) in [6.07, 6.45) is 62.9. The largest absolute Gasteiger partial charge is 0.394 e. The molecule has 0 saturated carbocycles. The van der Waals surface area contributed by atoms with Crippen molar-refractivity contribution in [2.75, 3.05) is 6.61 Å². The van der Waals surface area contributed by atoms with E-state index in [1.54, 1.807) is 6.08 Å². The predicted molar refractivity (Wildman–Crippen MR) is 234 cm³/mol. The number of amides is 1. The number of allylic oxidation sites excluding steroid dienone is 11. The lowest BCUT2D eigenvalue weighted by Gasteiger charge is -2.19. The predicted octanol–water partition coefficient (Wildman–Crippen LogP) is 14.3. The van der Waals surface area contributed by atoms with Gasteiger partial charge >= 0.3 is 0 Å². The third-order valence-corrected chi connectivity index (χ3v) is 9.89. The van der Waals surface area contributed by atoms with Gasteiger partial charge in [-0.1, -0.05) is 196 Å². The van der Waals surface area contributed by atoms with Gasteiger partial charge in [0.25, 0.3) is 0 Å². The summed E-state index contributed by atoms with van der Waals surface area (Å²) >= 11 is 0. The van der Waals surface area contributed by atoms with Gasteiger partial charge in [0, 0.05) is 6.42 Å². The van der Waals surface area contributed by atoms with E-state index < -0.39 is 12.1 Å². The molecule has 0 aromatic rings. The molecule has 0 heterocycles. The van der Waals surface area contributed by atoms with Crippen LogP contribution in [0, 0.1) is 0 Å². The van der Waals surface area contributed by atoms with E-state index in [1.807, 2.05) is 6.08 Å². The number of carbonyl (C=O) groups excluding carboxylic acids is 1. The minimum atomic E-state index is -0.874. The molecular weight excluding hydrogens is 651 g/mol. The van der Waals surface area contributed by atoms with Crippen molar-refractivity contribution in [3.05, 3.63) is 72.9 Å². The van der Waals surface area contributed by atoms with Crippen LogP contribution in [0.3, 0.4) is 0 Å². The second kappa shape index (κ2) is 44.2. The second-order valence-corrected chi connectivity index (χ2v) is 15.1. The number of aliphatic hydroxyl groups is 2. The summed E-state index contributed by atoms with van der Waals surface area (Å²) in [7, 11) is 0. The molecule has 0 rings (SSSR count). The molecule has 4 heteroatoms. The summed E-state index contributed by atoms with van der Waals surface area (Å²) in [5.41, 5.74) is 0. The van der Waals surface area contributed by atoms with Crippen molar-refractivity contribution in [1.82, 2.24) is 5.32 Å². The van der Waals surface area contributed by atoms with Gasteiger partial charge in [-0.15, -0.1) is 0 Å². The van der Waals surface area contributed by atoms with Gasteiger partial charge in [-0.05, 0) is 83.5 Å². The fourth-order valence-corrected chi connectivity index (χ4v) is 6.39. The highest BCUT2D eigenvalue weighted by atomic mass is 16.3. The summed E-state index contributed by atoms with van der Waals surface area (Å²) in [6, 6.07) is -0.650. The first-order valence-corrected chi connectivity index (χ1v) is 22.7.